The van der Waals surface area contributed by atoms with Crippen LogP contribution in [0.4, 0.5) is 0 Å². The second-order valence-electron chi connectivity index (χ2n) is 4.19. The van der Waals surface area contributed by atoms with Crippen LogP contribution in [0.1, 0.15) is 39.5 Å². The second-order valence-corrected chi connectivity index (χ2v) is 4.19. The molecule has 86 valence electrons. The van der Waals surface area contributed by atoms with Gasteiger partial charge in [0.05, 0.1) is 5.71 Å². The Morgan fingerprint density at radius 3 is 2.93 bits per heavy atom. The monoisotopic (exact) mass is 212 g/mol. The van der Waals surface area contributed by atoms with E-state index in [0.29, 0.717) is 25.9 Å². The zero-order valence-corrected chi connectivity index (χ0v) is 9.57. The summed E-state index contributed by atoms with van der Waals surface area (Å²) in [4.78, 5) is 13.6. The topological polar surface area (TPSA) is 52.9 Å². The number of hydrogen-bond donors (Lipinski definition) is 1. The molecule has 0 radical (unpaired) electrons. The van der Waals surface area contributed by atoms with Gasteiger partial charge >= 0.3 is 0 Å². The fourth-order valence-corrected chi connectivity index (χ4v) is 1.88. The van der Waals surface area contributed by atoms with E-state index in [2.05, 4.69) is 12.1 Å². The van der Waals surface area contributed by atoms with Gasteiger partial charge in [-0.2, -0.15) is 0 Å². The molecule has 0 spiro atoms. The summed E-state index contributed by atoms with van der Waals surface area (Å²) in [6.07, 6.45) is 3.37. The van der Waals surface area contributed by atoms with E-state index in [1.807, 2.05) is 11.8 Å². The largest absolute Gasteiger partial charge is 0.411 e. The highest BCUT2D eigenvalue weighted by atomic mass is 16.4. The molecule has 1 rings (SSSR count). The zero-order chi connectivity index (χ0) is 11.3. The van der Waals surface area contributed by atoms with Gasteiger partial charge in [-0.1, -0.05) is 25.4 Å². The van der Waals surface area contributed by atoms with Crippen molar-refractivity contribution in [1.82, 2.24) is 4.90 Å². The third-order valence-corrected chi connectivity index (χ3v) is 2.93. The van der Waals surface area contributed by atoms with Crippen LogP contribution in [0, 0.1) is 5.92 Å². The van der Waals surface area contributed by atoms with Crippen molar-refractivity contribution >= 4 is 11.6 Å². The fourth-order valence-electron chi connectivity index (χ4n) is 1.88. The van der Waals surface area contributed by atoms with Crippen molar-refractivity contribution in [2.75, 3.05) is 13.1 Å². The molecular formula is C11H20N2O2. The molecule has 0 bridgehead atoms. The highest BCUT2D eigenvalue weighted by Gasteiger charge is 2.25. The van der Waals surface area contributed by atoms with E-state index in [0.717, 1.165) is 18.6 Å². The molecule has 0 aliphatic carbocycles. The zero-order valence-electron chi connectivity index (χ0n) is 9.57. The first-order valence-corrected chi connectivity index (χ1v) is 5.67. The van der Waals surface area contributed by atoms with E-state index in [4.69, 9.17) is 5.21 Å². The quantitative estimate of drug-likeness (QED) is 0.573. The number of unbranched alkanes of at least 4 members (excludes halogenated alkanes) is 1. The standard InChI is InChI=1S/C11H20N2O2/c1-3-4-5-11(14)13-7-6-10(12-15)9(2)8-13/h9,15H,3-8H2,1-2H3. The van der Waals surface area contributed by atoms with Gasteiger partial charge in [0.25, 0.3) is 0 Å². The lowest BCUT2D eigenvalue weighted by atomic mass is 9.97. The molecule has 15 heavy (non-hydrogen) atoms. The Morgan fingerprint density at radius 1 is 1.67 bits per heavy atom. The van der Waals surface area contributed by atoms with Crippen molar-refractivity contribution in [3.63, 3.8) is 0 Å². The van der Waals surface area contributed by atoms with Gasteiger partial charge in [0.1, 0.15) is 0 Å². The predicted octanol–water partition coefficient (Wildman–Crippen LogP) is 1.88. The van der Waals surface area contributed by atoms with Crippen molar-refractivity contribution in [1.29, 1.82) is 0 Å². The summed E-state index contributed by atoms with van der Waals surface area (Å²) in [6, 6.07) is 0. The maximum atomic E-state index is 11.7. The van der Waals surface area contributed by atoms with Gasteiger partial charge in [-0.3, -0.25) is 4.79 Å². The number of amides is 1. The summed E-state index contributed by atoms with van der Waals surface area (Å²) in [5.74, 6) is 0.426. The number of hydrogen-bond acceptors (Lipinski definition) is 3. The van der Waals surface area contributed by atoms with Gasteiger partial charge in [0, 0.05) is 31.8 Å². The molecule has 1 fully saturated rings. The molecule has 1 aliphatic rings. The normalized spacial score (nSPS) is 24.5. The number of rotatable bonds is 3. The van der Waals surface area contributed by atoms with E-state index >= 15 is 0 Å². The van der Waals surface area contributed by atoms with Crippen LogP contribution in [-0.2, 0) is 4.79 Å². The molecule has 1 heterocycles. The molecule has 1 aliphatic heterocycles. The van der Waals surface area contributed by atoms with Gasteiger partial charge in [-0.25, -0.2) is 0 Å². The van der Waals surface area contributed by atoms with E-state index in [1.54, 1.807) is 0 Å². The van der Waals surface area contributed by atoms with Crippen LogP contribution >= 0.6 is 0 Å². The lowest BCUT2D eigenvalue weighted by Gasteiger charge is -2.31. The van der Waals surface area contributed by atoms with Crippen LogP contribution in [-0.4, -0.2) is 34.8 Å². The Kier molecular flexibility index (Phi) is 4.59. The maximum Gasteiger partial charge on any atom is 0.222 e. The SMILES string of the molecule is CCCCC(=O)N1CCC(=NO)C(C)C1. The van der Waals surface area contributed by atoms with Crippen molar-refractivity contribution < 1.29 is 10.0 Å². The van der Waals surface area contributed by atoms with Crippen LogP contribution in [0.2, 0.25) is 0 Å². The summed E-state index contributed by atoms with van der Waals surface area (Å²) >= 11 is 0. The van der Waals surface area contributed by atoms with Crippen LogP contribution in [0.25, 0.3) is 0 Å². The summed E-state index contributed by atoms with van der Waals surface area (Å²) in [7, 11) is 0. The summed E-state index contributed by atoms with van der Waals surface area (Å²) in [6.45, 7) is 5.48. The molecule has 1 saturated heterocycles. The van der Waals surface area contributed by atoms with Crippen molar-refractivity contribution in [3.8, 4) is 0 Å². The molecule has 0 aromatic carbocycles. The average molecular weight is 212 g/mol. The van der Waals surface area contributed by atoms with Gasteiger partial charge in [-0.05, 0) is 6.42 Å². The third-order valence-electron chi connectivity index (χ3n) is 2.93. The van der Waals surface area contributed by atoms with Gasteiger partial charge in [0.15, 0.2) is 0 Å². The highest BCUT2D eigenvalue weighted by Crippen LogP contribution is 2.15. The average Bonchev–Trinajstić information content (AvgIpc) is 2.25. The number of likely N-dealkylation sites (tertiary alicyclic amines) is 1. The van der Waals surface area contributed by atoms with Crippen molar-refractivity contribution in [2.45, 2.75) is 39.5 Å². The molecule has 0 saturated carbocycles. The van der Waals surface area contributed by atoms with Crippen LogP contribution in [0.5, 0.6) is 0 Å². The summed E-state index contributed by atoms with van der Waals surface area (Å²) < 4.78 is 0. The smallest absolute Gasteiger partial charge is 0.222 e. The molecular weight excluding hydrogens is 192 g/mol. The van der Waals surface area contributed by atoms with Crippen molar-refractivity contribution in [3.05, 3.63) is 0 Å². The van der Waals surface area contributed by atoms with Gasteiger partial charge in [0.2, 0.25) is 5.91 Å². The van der Waals surface area contributed by atoms with E-state index < -0.39 is 0 Å². The number of carbonyl (C=O) groups excluding carboxylic acids is 1. The molecule has 1 unspecified atom stereocenters. The maximum absolute atomic E-state index is 11.7. The molecule has 0 aromatic rings. The Morgan fingerprint density at radius 2 is 2.40 bits per heavy atom. The van der Waals surface area contributed by atoms with E-state index in [9.17, 15) is 4.79 Å². The molecule has 1 N–H and O–H groups in total. The van der Waals surface area contributed by atoms with E-state index in [1.165, 1.54) is 0 Å². The van der Waals surface area contributed by atoms with E-state index in [-0.39, 0.29) is 11.8 Å². The number of carbonyl (C=O) groups is 1. The molecule has 1 amide bonds. The summed E-state index contributed by atoms with van der Waals surface area (Å²) in [5.41, 5.74) is 0.814. The lowest BCUT2D eigenvalue weighted by Crippen LogP contribution is -2.43. The lowest BCUT2D eigenvalue weighted by molar-refractivity contribution is -0.131. The minimum Gasteiger partial charge on any atom is -0.411 e. The summed E-state index contributed by atoms with van der Waals surface area (Å²) in [5, 5.41) is 12.0. The third kappa shape index (κ3) is 3.22. The number of nitrogens with zero attached hydrogens (tertiary/aromatic N) is 2. The van der Waals surface area contributed by atoms with Gasteiger partial charge < -0.3 is 10.1 Å². The number of piperidine rings is 1. The number of oxime groups is 1. The van der Waals surface area contributed by atoms with Gasteiger partial charge in [-0.15, -0.1) is 0 Å². The first-order valence-electron chi connectivity index (χ1n) is 5.67. The first kappa shape index (κ1) is 12.0. The predicted molar refractivity (Wildman–Crippen MR) is 59.1 cm³/mol. The van der Waals surface area contributed by atoms with Crippen LogP contribution in [0.15, 0.2) is 5.16 Å². The highest BCUT2D eigenvalue weighted by molar-refractivity contribution is 5.89. The fraction of sp³-hybridized carbons (Fsp3) is 0.818. The Hall–Kier alpha value is -1.06. The van der Waals surface area contributed by atoms with Crippen LogP contribution < -0.4 is 0 Å². The van der Waals surface area contributed by atoms with Crippen LogP contribution in [0.3, 0.4) is 0 Å². The first-order chi connectivity index (χ1) is 7.19. The minimum atomic E-state index is 0.189. The second kappa shape index (κ2) is 5.73. The minimum absolute atomic E-state index is 0.189. The van der Waals surface area contributed by atoms with Crippen molar-refractivity contribution in [2.24, 2.45) is 11.1 Å². The molecule has 4 heteroatoms. The molecule has 1 atom stereocenters. The molecule has 0 aromatic heterocycles. The Bertz CT molecular complexity index is 251. The Balaban J connectivity index is 2.43. The molecule has 4 nitrogen and oxygen atoms in total. The Labute approximate surface area is 90.9 Å².